The van der Waals surface area contributed by atoms with E-state index in [1.807, 2.05) is 0 Å². The Morgan fingerprint density at radius 1 is 1.04 bits per heavy atom. The van der Waals surface area contributed by atoms with E-state index >= 15 is 0 Å². The fraction of sp³-hybridized carbons (Fsp3) is 0.429. The fourth-order valence-corrected chi connectivity index (χ4v) is 3.55. The average Bonchev–Trinajstić information content (AvgIpc) is 2.62. The Bertz CT molecular complexity index is 596. The van der Waals surface area contributed by atoms with Gasteiger partial charge in [-0.2, -0.15) is 0 Å². The normalized spacial score (nSPS) is 21.1. The molecule has 0 bridgehead atoms. The van der Waals surface area contributed by atoms with Crippen molar-refractivity contribution in [1.82, 2.24) is 5.32 Å². The van der Waals surface area contributed by atoms with Crippen LogP contribution in [0.5, 0.6) is 5.75 Å². The summed E-state index contributed by atoms with van der Waals surface area (Å²) >= 11 is 0. The van der Waals surface area contributed by atoms with Gasteiger partial charge in [0, 0.05) is 12.5 Å². The minimum absolute atomic E-state index is 0.529. The van der Waals surface area contributed by atoms with Crippen molar-refractivity contribution in [2.24, 2.45) is 5.92 Å². The van der Waals surface area contributed by atoms with Crippen LogP contribution in [0.25, 0.3) is 0 Å². The van der Waals surface area contributed by atoms with Crippen LogP contribution in [0, 0.1) is 5.92 Å². The smallest absolute Gasteiger partial charge is 0.122 e. The largest absolute Gasteiger partial charge is 0.493 e. The van der Waals surface area contributed by atoms with Crippen molar-refractivity contribution in [2.45, 2.75) is 32.1 Å². The van der Waals surface area contributed by atoms with Crippen molar-refractivity contribution in [2.75, 3.05) is 19.7 Å². The van der Waals surface area contributed by atoms with Gasteiger partial charge in [-0.05, 0) is 42.5 Å². The van der Waals surface area contributed by atoms with Crippen LogP contribution in [0.4, 0.5) is 0 Å². The lowest BCUT2D eigenvalue weighted by Gasteiger charge is -2.32. The molecule has 2 atom stereocenters. The molecule has 0 saturated carbocycles. The van der Waals surface area contributed by atoms with E-state index in [9.17, 15) is 0 Å². The zero-order valence-electron chi connectivity index (χ0n) is 14.0. The predicted octanol–water partition coefficient (Wildman–Crippen LogP) is 4.41. The fourth-order valence-electron chi connectivity index (χ4n) is 3.55. The summed E-state index contributed by atoms with van der Waals surface area (Å²) in [4.78, 5) is 0. The summed E-state index contributed by atoms with van der Waals surface area (Å²) in [5, 5.41) is 3.53. The summed E-state index contributed by atoms with van der Waals surface area (Å²) in [5.41, 5.74) is 2.78. The van der Waals surface area contributed by atoms with Gasteiger partial charge in [0.2, 0.25) is 0 Å². The molecule has 0 aliphatic carbocycles. The first-order chi connectivity index (χ1) is 11.4. The van der Waals surface area contributed by atoms with Crippen LogP contribution in [-0.4, -0.2) is 19.7 Å². The maximum atomic E-state index is 6.24. The van der Waals surface area contributed by atoms with Gasteiger partial charge in [-0.1, -0.05) is 61.9 Å². The molecule has 1 N–H and O–H groups in total. The van der Waals surface area contributed by atoms with Gasteiger partial charge < -0.3 is 10.1 Å². The molecule has 2 unspecified atom stereocenters. The Kier molecular flexibility index (Phi) is 5.71. The van der Waals surface area contributed by atoms with E-state index in [1.165, 1.54) is 17.5 Å². The lowest BCUT2D eigenvalue weighted by Crippen LogP contribution is -2.38. The first-order valence-electron chi connectivity index (χ1n) is 8.85. The van der Waals surface area contributed by atoms with E-state index in [-0.39, 0.29) is 0 Å². The van der Waals surface area contributed by atoms with Gasteiger partial charge in [0.25, 0.3) is 0 Å². The number of hydrogen-bond donors (Lipinski definition) is 1. The summed E-state index contributed by atoms with van der Waals surface area (Å²) in [7, 11) is 0. The van der Waals surface area contributed by atoms with Crippen molar-refractivity contribution in [3.63, 3.8) is 0 Å². The Labute approximate surface area is 139 Å². The van der Waals surface area contributed by atoms with E-state index in [0.29, 0.717) is 11.8 Å². The molecule has 2 aromatic carbocycles. The van der Waals surface area contributed by atoms with Crippen molar-refractivity contribution >= 4 is 0 Å². The molecule has 122 valence electrons. The number of ether oxygens (including phenoxy) is 1. The third kappa shape index (κ3) is 4.14. The van der Waals surface area contributed by atoms with E-state index < -0.39 is 0 Å². The maximum absolute atomic E-state index is 6.24. The minimum Gasteiger partial charge on any atom is -0.493 e. The predicted molar refractivity (Wildman–Crippen MR) is 96.1 cm³/mol. The van der Waals surface area contributed by atoms with Gasteiger partial charge in [-0.3, -0.25) is 0 Å². The van der Waals surface area contributed by atoms with E-state index in [0.717, 1.165) is 38.3 Å². The highest BCUT2D eigenvalue weighted by Crippen LogP contribution is 2.31. The molecule has 2 nitrogen and oxygen atoms in total. The van der Waals surface area contributed by atoms with Crippen LogP contribution in [0.1, 0.15) is 36.8 Å². The van der Waals surface area contributed by atoms with E-state index in [1.54, 1.807) is 0 Å². The quantitative estimate of drug-likeness (QED) is 0.853. The second-order valence-corrected chi connectivity index (χ2v) is 6.44. The van der Waals surface area contributed by atoms with Crippen LogP contribution in [0.2, 0.25) is 0 Å². The van der Waals surface area contributed by atoms with Crippen LogP contribution < -0.4 is 10.1 Å². The number of piperidine rings is 1. The highest BCUT2D eigenvalue weighted by molar-refractivity contribution is 5.33. The summed E-state index contributed by atoms with van der Waals surface area (Å²) in [6.07, 6.45) is 3.42. The molecule has 1 aliphatic rings. The topological polar surface area (TPSA) is 21.3 Å². The molecule has 2 aromatic rings. The molecule has 23 heavy (non-hydrogen) atoms. The van der Waals surface area contributed by atoms with Gasteiger partial charge >= 0.3 is 0 Å². The van der Waals surface area contributed by atoms with Gasteiger partial charge in [0.15, 0.2) is 0 Å². The number of aryl methyl sites for hydroxylation is 1. The second kappa shape index (κ2) is 8.16. The summed E-state index contributed by atoms with van der Waals surface area (Å²) in [6, 6.07) is 19.4. The highest BCUT2D eigenvalue weighted by atomic mass is 16.5. The Morgan fingerprint density at radius 3 is 2.65 bits per heavy atom. The summed E-state index contributed by atoms with van der Waals surface area (Å²) in [6.45, 7) is 5.14. The average molecular weight is 309 g/mol. The third-order valence-corrected chi connectivity index (χ3v) is 4.78. The number of benzene rings is 2. The molecule has 1 aliphatic heterocycles. The first kappa shape index (κ1) is 16.1. The summed E-state index contributed by atoms with van der Waals surface area (Å²) < 4.78 is 6.24. The van der Waals surface area contributed by atoms with E-state index in [2.05, 4.69) is 66.8 Å². The van der Waals surface area contributed by atoms with Gasteiger partial charge in [0.1, 0.15) is 5.75 Å². The number of nitrogens with one attached hydrogen (secondary N) is 1. The van der Waals surface area contributed by atoms with Gasteiger partial charge in [-0.15, -0.1) is 0 Å². The second-order valence-electron chi connectivity index (χ2n) is 6.44. The number of rotatable bonds is 6. The molecule has 0 radical (unpaired) electrons. The monoisotopic (exact) mass is 309 g/mol. The van der Waals surface area contributed by atoms with Crippen LogP contribution in [-0.2, 0) is 6.42 Å². The maximum Gasteiger partial charge on any atom is 0.122 e. The van der Waals surface area contributed by atoms with Gasteiger partial charge in [0.05, 0.1) is 6.61 Å². The van der Waals surface area contributed by atoms with Crippen LogP contribution in [0.15, 0.2) is 54.6 Å². The lowest BCUT2D eigenvalue weighted by atomic mass is 9.81. The van der Waals surface area contributed by atoms with Gasteiger partial charge in [-0.25, -0.2) is 0 Å². The number of hydrogen-bond acceptors (Lipinski definition) is 2. The minimum atomic E-state index is 0.529. The molecule has 1 fully saturated rings. The number of para-hydroxylation sites is 1. The molecule has 0 amide bonds. The molecule has 0 spiro atoms. The Morgan fingerprint density at radius 2 is 1.83 bits per heavy atom. The van der Waals surface area contributed by atoms with E-state index in [4.69, 9.17) is 4.74 Å². The standard InChI is InChI=1S/C21H27NO/c1-2-8-18-11-6-7-12-21(18)23-16-19-15-22-14-13-20(19)17-9-4-3-5-10-17/h3-7,9-12,19-20,22H,2,8,13-16H2,1H3. The Hall–Kier alpha value is -1.80. The van der Waals surface area contributed by atoms with Crippen molar-refractivity contribution in [3.8, 4) is 5.75 Å². The molecule has 1 saturated heterocycles. The molecular formula is C21H27NO. The van der Waals surface area contributed by atoms with Crippen LogP contribution in [0.3, 0.4) is 0 Å². The highest BCUT2D eigenvalue weighted by Gasteiger charge is 2.27. The van der Waals surface area contributed by atoms with Crippen molar-refractivity contribution in [3.05, 3.63) is 65.7 Å². The SMILES string of the molecule is CCCc1ccccc1OCC1CNCCC1c1ccccc1. The summed E-state index contributed by atoms with van der Waals surface area (Å²) in [5.74, 6) is 2.18. The molecule has 0 aromatic heterocycles. The first-order valence-corrected chi connectivity index (χ1v) is 8.85. The molecular weight excluding hydrogens is 282 g/mol. The molecule has 1 heterocycles. The molecule has 2 heteroatoms. The lowest BCUT2D eigenvalue weighted by molar-refractivity contribution is 0.195. The zero-order chi connectivity index (χ0) is 15.9. The van der Waals surface area contributed by atoms with Crippen LogP contribution >= 0.6 is 0 Å². The third-order valence-electron chi connectivity index (χ3n) is 4.78. The van der Waals surface area contributed by atoms with Crippen molar-refractivity contribution in [1.29, 1.82) is 0 Å². The zero-order valence-corrected chi connectivity index (χ0v) is 14.0. The molecule has 3 rings (SSSR count). The Balaban J connectivity index is 1.68. The van der Waals surface area contributed by atoms with Crippen molar-refractivity contribution < 1.29 is 4.74 Å².